The Kier molecular flexibility index (Phi) is 5.06. The van der Waals surface area contributed by atoms with Gasteiger partial charge in [-0.2, -0.15) is 0 Å². The van der Waals surface area contributed by atoms with Gasteiger partial charge >= 0.3 is 0 Å². The van der Waals surface area contributed by atoms with Gasteiger partial charge in [-0.3, -0.25) is 4.79 Å². The highest BCUT2D eigenvalue weighted by molar-refractivity contribution is 6.37. The van der Waals surface area contributed by atoms with Crippen molar-refractivity contribution in [2.75, 3.05) is 25.2 Å². The van der Waals surface area contributed by atoms with E-state index in [1.165, 1.54) is 10.8 Å². The molecule has 1 atom stereocenters. The van der Waals surface area contributed by atoms with E-state index < -0.39 is 0 Å². The number of halogens is 3. The molecule has 0 spiro atoms. The number of fused-ring (bicyclic) bond motifs is 1. The first-order valence-electron chi connectivity index (χ1n) is 7.45. The summed E-state index contributed by atoms with van der Waals surface area (Å²) in [6, 6.07) is 3.36. The van der Waals surface area contributed by atoms with Crippen LogP contribution in [-0.4, -0.2) is 29.8 Å². The Morgan fingerprint density at radius 3 is 2.79 bits per heavy atom. The van der Waals surface area contributed by atoms with Gasteiger partial charge in [0.25, 0.3) is 5.56 Å². The Hall–Kier alpha value is -1.27. The van der Waals surface area contributed by atoms with E-state index in [1.54, 1.807) is 18.1 Å². The molecule has 0 aliphatic carbocycles. The summed E-state index contributed by atoms with van der Waals surface area (Å²) in [5, 5.41) is 1.31. The van der Waals surface area contributed by atoms with Gasteiger partial charge in [-0.05, 0) is 31.0 Å². The quantitative estimate of drug-likeness (QED) is 0.791. The molecule has 0 unspecified atom stereocenters. The number of anilines is 2. The first-order chi connectivity index (χ1) is 11.4. The molecule has 1 aromatic heterocycles. The summed E-state index contributed by atoms with van der Waals surface area (Å²) in [6.45, 7) is 2.87. The van der Waals surface area contributed by atoms with Crippen LogP contribution in [0.5, 0.6) is 0 Å². The normalized spacial score (nSPS) is 14.8. The lowest BCUT2D eigenvalue weighted by Crippen LogP contribution is -2.32. The fraction of sp³-hybridized carbons (Fsp3) is 0.375. The highest BCUT2D eigenvalue weighted by Gasteiger charge is 2.28. The topological polar surface area (TPSA) is 47.4 Å². The monoisotopic (exact) mass is 387 g/mol. The van der Waals surface area contributed by atoms with E-state index in [1.807, 2.05) is 13.0 Å². The van der Waals surface area contributed by atoms with E-state index in [9.17, 15) is 4.79 Å². The number of hydrogen-bond donors (Lipinski definition) is 0. The minimum absolute atomic E-state index is 0.162. The van der Waals surface area contributed by atoms with Crippen LogP contribution in [0.4, 0.5) is 11.5 Å². The lowest BCUT2D eigenvalue weighted by molar-refractivity contribution is 0.160. The van der Waals surface area contributed by atoms with Gasteiger partial charge in [-0.1, -0.05) is 34.8 Å². The van der Waals surface area contributed by atoms with Crippen LogP contribution in [-0.2, 0) is 11.2 Å². The molecule has 0 radical (unpaired) electrons. The first-order valence-corrected chi connectivity index (χ1v) is 8.59. The maximum atomic E-state index is 12.9. The van der Waals surface area contributed by atoms with Crippen molar-refractivity contribution in [3.63, 3.8) is 0 Å². The van der Waals surface area contributed by atoms with Crippen LogP contribution < -0.4 is 10.5 Å². The highest BCUT2D eigenvalue weighted by atomic mass is 35.5. The predicted octanol–water partition coefficient (Wildman–Crippen LogP) is 4.11. The third-order valence-electron chi connectivity index (χ3n) is 4.00. The van der Waals surface area contributed by atoms with Crippen molar-refractivity contribution in [1.29, 1.82) is 0 Å². The van der Waals surface area contributed by atoms with Crippen molar-refractivity contribution in [3.05, 3.63) is 49.4 Å². The van der Waals surface area contributed by atoms with Crippen molar-refractivity contribution < 1.29 is 4.74 Å². The first kappa shape index (κ1) is 17.5. The van der Waals surface area contributed by atoms with E-state index in [0.717, 1.165) is 17.7 Å². The smallest absolute Gasteiger partial charge is 0.294 e. The van der Waals surface area contributed by atoms with Gasteiger partial charge in [-0.15, -0.1) is 0 Å². The summed E-state index contributed by atoms with van der Waals surface area (Å²) in [5.74, 6) is 0.258. The molecule has 0 fully saturated rings. The summed E-state index contributed by atoms with van der Waals surface area (Å²) in [7, 11) is 1.59. The highest BCUT2D eigenvalue weighted by Crippen LogP contribution is 2.40. The number of ether oxygens (including phenoxy) is 1. The molecule has 8 heteroatoms. The summed E-state index contributed by atoms with van der Waals surface area (Å²) < 4.78 is 6.67. The van der Waals surface area contributed by atoms with E-state index in [0.29, 0.717) is 23.2 Å². The maximum Gasteiger partial charge on any atom is 0.294 e. The molecular formula is C16H16Cl3N3O2. The van der Waals surface area contributed by atoms with Crippen LogP contribution in [0.3, 0.4) is 0 Å². The van der Waals surface area contributed by atoms with Crippen molar-refractivity contribution in [2.45, 2.75) is 19.4 Å². The van der Waals surface area contributed by atoms with Crippen LogP contribution in [0.1, 0.15) is 18.5 Å². The maximum absolute atomic E-state index is 12.9. The summed E-state index contributed by atoms with van der Waals surface area (Å²) in [5.41, 5.74) is 1.52. The van der Waals surface area contributed by atoms with Gasteiger partial charge < -0.3 is 14.2 Å². The number of aromatic nitrogens is 2. The Morgan fingerprint density at radius 2 is 2.08 bits per heavy atom. The Balaban J connectivity index is 2.12. The summed E-state index contributed by atoms with van der Waals surface area (Å²) in [6.07, 6.45) is 2.26. The Morgan fingerprint density at radius 1 is 1.33 bits per heavy atom. The third-order valence-corrected chi connectivity index (χ3v) is 4.69. The zero-order valence-corrected chi connectivity index (χ0v) is 15.5. The van der Waals surface area contributed by atoms with Crippen LogP contribution >= 0.6 is 34.8 Å². The molecule has 0 amide bonds. The number of nitrogens with zero attached hydrogens (tertiary/aromatic N) is 3. The molecule has 1 aromatic carbocycles. The molecule has 0 N–H and O–H groups in total. The minimum atomic E-state index is -0.234. The summed E-state index contributed by atoms with van der Waals surface area (Å²) in [4.78, 5) is 18.9. The zero-order chi connectivity index (χ0) is 17.4. The molecular weight excluding hydrogens is 373 g/mol. The van der Waals surface area contributed by atoms with Gasteiger partial charge in [0.05, 0.1) is 23.4 Å². The van der Waals surface area contributed by atoms with Crippen molar-refractivity contribution >= 4 is 46.3 Å². The molecule has 2 heterocycles. The van der Waals surface area contributed by atoms with Crippen LogP contribution in [0.25, 0.3) is 0 Å². The molecule has 1 aliphatic rings. The molecule has 1 aliphatic heterocycles. The third kappa shape index (κ3) is 3.14. The van der Waals surface area contributed by atoms with E-state index in [4.69, 9.17) is 39.5 Å². The van der Waals surface area contributed by atoms with Crippen LogP contribution in [0, 0.1) is 0 Å². The van der Waals surface area contributed by atoms with Crippen molar-refractivity contribution in [2.24, 2.45) is 0 Å². The molecule has 0 bridgehead atoms. The van der Waals surface area contributed by atoms with Crippen LogP contribution in [0.2, 0.25) is 15.2 Å². The molecule has 24 heavy (non-hydrogen) atoms. The molecule has 0 saturated heterocycles. The average molecular weight is 389 g/mol. The SMILES string of the molecule is COC[C@@H](C)n1cc(Cl)nc(N2CCc3cc(Cl)cc(Cl)c32)c1=O. The fourth-order valence-electron chi connectivity index (χ4n) is 2.96. The predicted molar refractivity (Wildman–Crippen MR) is 97.3 cm³/mol. The van der Waals surface area contributed by atoms with Gasteiger partial charge in [0.1, 0.15) is 5.15 Å². The molecule has 0 saturated carbocycles. The van der Waals surface area contributed by atoms with Crippen molar-refractivity contribution in [1.82, 2.24) is 9.55 Å². The number of hydrogen-bond acceptors (Lipinski definition) is 4. The van der Waals surface area contributed by atoms with E-state index >= 15 is 0 Å². The Bertz CT molecular complexity index is 838. The van der Waals surface area contributed by atoms with Gasteiger partial charge in [0.2, 0.25) is 5.82 Å². The second-order valence-corrected chi connectivity index (χ2v) is 6.93. The number of methoxy groups -OCH3 is 1. The number of benzene rings is 1. The second kappa shape index (κ2) is 6.92. The van der Waals surface area contributed by atoms with Gasteiger partial charge in [0.15, 0.2) is 0 Å². The fourth-order valence-corrected chi connectivity index (χ4v) is 3.78. The van der Waals surface area contributed by atoms with E-state index in [2.05, 4.69) is 4.98 Å². The number of rotatable bonds is 4. The van der Waals surface area contributed by atoms with Gasteiger partial charge in [-0.25, -0.2) is 4.98 Å². The zero-order valence-electron chi connectivity index (χ0n) is 13.2. The minimum Gasteiger partial charge on any atom is -0.383 e. The molecule has 2 aromatic rings. The average Bonchev–Trinajstić information content (AvgIpc) is 2.93. The lowest BCUT2D eigenvalue weighted by Gasteiger charge is -2.22. The standard InChI is InChI=1S/C16H16Cl3N3O2/c1-9(8-24-2)22-7-13(19)20-15(16(22)23)21-4-3-10-5-11(17)6-12(18)14(10)21/h5-7,9H,3-4,8H2,1-2H3/t9-/m1/s1. The molecule has 128 valence electrons. The van der Waals surface area contributed by atoms with Gasteiger partial charge in [0, 0.05) is 24.9 Å². The molecule has 5 nitrogen and oxygen atoms in total. The van der Waals surface area contributed by atoms with Crippen molar-refractivity contribution in [3.8, 4) is 0 Å². The van der Waals surface area contributed by atoms with Crippen LogP contribution in [0.15, 0.2) is 23.1 Å². The van der Waals surface area contributed by atoms with E-state index in [-0.39, 0.29) is 22.6 Å². The second-order valence-electron chi connectivity index (χ2n) is 5.70. The Labute approximate surface area is 154 Å². The summed E-state index contributed by atoms with van der Waals surface area (Å²) >= 11 is 18.6. The lowest BCUT2D eigenvalue weighted by atomic mass is 10.2. The molecule has 3 rings (SSSR count). The largest absolute Gasteiger partial charge is 0.383 e.